The van der Waals surface area contributed by atoms with E-state index in [-0.39, 0.29) is 22.8 Å². The normalized spacial score (nSPS) is 17.8. The molecule has 1 fully saturated rings. The lowest BCUT2D eigenvalue weighted by atomic mass is 9.83. The highest BCUT2D eigenvalue weighted by Gasteiger charge is 2.40. The van der Waals surface area contributed by atoms with Crippen molar-refractivity contribution in [2.24, 2.45) is 5.92 Å². The molecule has 0 aliphatic carbocycles. The fourth-order valence-electron chi connectivity index (χ4n) is 5.13. The average molecular weight is 502 g/mol. The molecule has 194 valence electrons. The monoisotopic (exact) mass is 501 g/mol. The van der Waals surface area contributed by atoms with E-state index in [2.05, 4.69) is 37.5 Å². The van der Waals surface area contributed by atoms with Gasteiger partial charge in [-0.15, -0.1) is 0 Å². The number of piperidine rings is 1. The molecular formula is C31H36FN3O2. The molecule has 2 N–H and O–H groups in total. The molecule has 2 amide bonds. The van der Waals surface area contributed by atoms with Crippen LogP contribution in [-0.4, -0.2) is 30.3 Å². The number of aryl methyl sites for hydroxylation is 1. The van der Waals surface area contributed by atoms with Crippen LogP contribution < -0.4 is 10.6 Å². The van der Waals surface area contributed by atoms with Gasteiger partial charge in [-0.3, -0.25) is 9.59 Å². The molecule has 4 rings (SSSR count). The molecule has 2 atom stereocenters. The van der Waals surface area contributed by atoms with Gasteiger partial charge in [-0.1, -0.05) is 57.2 Å². The molecule has 1 aliphatic heterocycles. The Morgan fingerprint density at radius 3 is 2.38 bits per heavy atom. The number of anilines is 2. The van der Waals surface area contributed by atoms with Crippen molar-refractivity contribution in [3.63, 3.8) is 0 Å². The number of rotatable bonds is 5. The number of hydrogen-bond donors (Lipinski definition) is 2. The molecule has 1 saturated heterocycles. The van der Waals surface area contributed by atoms with Gasteiger partial charge in [0.15, 0.2) is 0 Å². The number of nitrogens with zero attached hydrogens (tertiary/aromatic N) is 1. The quantitative estimate of drug-likeness (QED) is 0.409. The second-order valence-corrected chi connectivity index (χ2v) is 10.8. The van der Waals surface area contributed by atoms with E-state index >= 15 is 0 Å². The van der Waals surface area contributed by atoms with Crippen LogP contribution in [-0.2, 0) is 10.2 Å². The molecule has 0 saturated carbocycles. The van der Waals surface area contributed by atoms with Crippen LogP contribution in [0.5, 0.6) is 0 Å². The Morgan fingerprint density at radius 2 is 1.68 bits per heavy atom. The highest BCUT2D eigenvalue weighted by atomic mass is 19.1. The molecule has 0 bridgehead atoms. The minimum Gasteiger partial charge on any atom is -0.388 e. The number of carbonyl (C=O) groups excluding carboxylic acids is 2. The minimum atomic E-state index is -0.543. The topological polar surface area (TPSA) is 61.4 Å². The molecule has 6 heteroatoms. The van der Waals surface area contributed by atoms with Crippen LogP contribution >= 0.6 is 0 Å². The van der Waals surface area contributed by atoms with Gasteiger partial charge >= 0.3 is 0 Å². The fourth-order valence-corrected chi connectivity index (χ4v) is 5.13. The number of nitrogens with one attached hydrogen (secondary N) is 2. The van der Waals surface area contributed by atoms with E-state index in [1.807, 2.05) is 49.5 Å². The highest BCUT2D eigenvalue weighted by Crippen LogP contribution is 2.39. The highest BCUT2D eigenvalue weighted by molar-refractivity contribution is 5.98. The SMILES string of the molecule is CNc1cccc([C@H]2[C@@H](C(=O)Nc3cccc(C(C)(C)C)c3)CCCN2C(=O)c2c(C)cccc2F)c1. The largest absolute Gasteiger partial charge is 0.388 e. The van der Waals surface area contributed by atoms with Crippen LogP contribution in [0.3, 0.4) is 0 Å². The molecule has 1 aliphatic rings. The molecule has 0 unspecified atom stereocenters. The summed E-state index contributed by atoms with van der Waals surface area (Å²) in [6.45, 7) is 8.59. The first-order valence-electron chi connectivity index (χ1n) is 12.9. The number of carbonyl (C=O) groups is 2. The molecule has 3 aromatic rings. The lowest BCUT2D eigenvalue weighted by Crippen LogP contribution is -2.46. The van der Waals surface area contributed by atoms with Crippen molar-refractivity contribution >= 4 is 23.2 Å². The first-order chi connectivity index (χ1) is 17.6. The Balaban J connectivity index is 1.73. The zero-order chi connectivity index (χ0) is 26.7. The lowest BCUT2D eigenvalue weighted by molar-refractivity contribution is -0.123. The Bertz CT molecular complexity index is 1280. The molecule has 0 spiro atoms. The Hall–Kier alpha value is -3.67. The van der Waals surface area contributed by atoms with Gasteiger partial charge in [-0.05, 0) is 72.2 Å². The maximum Gasteiger partial charge on any atom is 0.257 e. The van der Waals surface area contributed by atoms with Crippen molar-refractivity contribution in [3.05, 3.63) is 94.8 Å². The Morgan fingerprint density at radius 1 is 0.973 bits per heavy atom. The van der Waals surface area contributed by atoms with Gasteiger partial charge in [-0.2, -0.15) is 0 Å². The molecule has 0 aromatic heterocycles. The lowest BCUT2D eigenvalue weighted by Gasteiger charge is -2.41. The second kappa shape index (κ2) is 10.8. The summed E-state index contributed by atoms with van der Waals surface area (Å²) in [5.74, 6) is -1.56. The summed E-state index contributed by atoms with van der Waals surface area (Å²) in [6.07, 6.45) is 1.28. The third-order valence-electron chi connectivity index (χ3n) is 7.18. The first kappa shape index (κ1) is 26.4. The summed E-state index contributed by atoms with van der Waals surface area (Å²) >= 11 is 0. The number of likely N-dealkylation sites (tertiary alicyclic amines) is 1. The Labute approximate surface area is 219 Å². The summed E-state index contributed by atoms with van der Waals surface area (Å²) in [6, 6.07) is 19.8. The molecular weight excluding hydrogens is 465 g/mol. The second-order valence-electron chi connectivity index (χ2n) is 10.8. The molecule has 1 heterocycles. The van der Waals surface area contributed by atoms with Gasteiger partial charge < -0.3 is 15.5 Å². The van der Waals surface area contributed by atoms with Crippen molar-refractivity contribution in [1.82, 2.24) is 4.90 Å². The summed E-state index contributed by atoms with van der Waals surface area (Å²) in [5.41, 5.74) is 4.18. The van der Waals surface area contributed by atoms with Crippen molar-refractivity contribution in [2.75, 3.05) is 24.2 Å². The van der Waals surface area contributed by atoms with Gasteiger partial charge in [-0.25, -0.2) is 4.39 Å². The smallest absolute Gasteiger partial charge is 0.257 e. The molecule has 37 heavy (non-hydrogen) atoms. The van der Waals surface area contributed by atoms with E-state index < -0.39 is 17.8 Å². The molecule has 5 nitrogen and oxygen atoms in total. The van der Waals surface area contributed by atoms with Gasteiger partial charge in [0.2, 0.25) is 5.91 Å². The maximum absolute atomic E-state index is 14.8. The van der Waals surface area contributed by atoms with Crippen molar-refractivity contribution in [1.29, 1.82) is 0 Å². The fraction of sp³-hybridized carbons (Fsp3) is 0.355. The van der Waals surface area contributed by atoms with E-state index in [9.17, 15) is 14.0 Å². The van der Waals surface area contributed by atoms with Crippen LogP contribution in [0.15, 0.2) is 66.7 Å². The van der Waals surface area contributed by atoms with Crippen LogP contribution in [0.25, 0.3) is 0 Å². The third kappa shape index (κ3) is 5.68. The summed E-state index contributed by atoms with van der Waals surface area (Å²) in [4.78, 5) is 29.2. The zero-order valence-corrected chi connectivity index (χ0v) is 22.3. The van der Waals surface area contributed by atoms with Crippen LogP contribution in [0.2, 0.25) is 0 Å². The molecule has 3 aromatic carbocycles. The summed E-state index contributed by atoms with van der Waals surface area (Å²) in [5, 5.41) is 6.25. The van der Waals surface area contributed by atoms with Crippen molar-refractivity contribution in [3.8, 4) is 0 Å². The predicted molar refractivity (Wildman–Crippen MR) is 147 cm³/mol. The van der Waals surface area contributed by atoms with Crippen molar-refractivity contribution < 1.29 is 14.0 Å². The molecule has 0 radical (unpaired) electrons. The minimum absolute atomic E-state index is 0.0530. The van der Waals surface area contributed by atoms with Crippen LogP contribution in [0.1, 0.15) is 66.7 Å². The number of halogens is 1. The van der Waals surface area contributed by atoms with E-state index in [0.717, 1.165) is 22.5 Å². The number of benzene rings is 3. The predicted octanol–water partition coefficient (Wildman–Crippen LogP) is 6.71. The van der Waals surface area contributed by atoms with Crippen LogP contribution in [0, 0.1) is 18.7 Å². The zero-order valence-electron chi connectivity index (χ0n) is 22.3. The van der Waals surface area contributed by atoms with E-state index in [4.69, 9.17) is 0 Å². The van der Waals surface area contributed by atoms with Crippen LogP contribution in [0.4, 0.5) is 15.8 Å². The van der Waals surface area contributed by atoms with E-state index in [1.54, 1.807) is 24.0 Å². The van der Waals surface area contributed by atoms with E-state index in [1.165, 1.54) is 6.07 Å². The third-order valence-corrected chi connectivity index (χ3v) is 7.18. The van der Waals surface area contributed by atoms with Gasteiger partial charge in [0.25, 0.3) is 5.91 Å². The summed E-state index contributed by atoms with van der Waals surface area (Å²) in [7, 11) is 1.83. The number of hydrogen-bond acceptors (Lipinski definition) is 3. The van der Waals surface area contributed by atoms with Gasteiger partial charge in [0, 0.05) is 25.0 Å². The van der Waals surface area contributed by atoms with Gasteiger partial charge in [0.1, 0.15) is 5.82 Å². The standard InChI is InChI=1S/C31H36FN3O2/c1-20-10-6-16-26(32)27(20)30(37)35-17-9-15-25(28(35)21-11-7-13-23(18-21)33-5)29(36)34-24-14-8-12-22(19-24)31(2,3)4/h6-8,10-14,16,18-19,25,28,33H,9,15,17H2,1-5H3,(H,34,36)/t25-,28-/m0/s1. The van der Waals surface area contributed by atoms with Crippen molar-refractivity contribution in [2.45, 2.75) is 52.0 Å². The maximum atomic E-state index is 14.8. The van der Waals surface area contributed by atoms with E-state index in [0.29, 0.717) is 24.9 Å². The average Bonchev–Trinajstić information content (AvgIpc) is 2.87. The van der Waals surface area contributed by atoms with Gasteiger partial charge in [0.05, 0.1) is 17.5 Å². The first-order valence-corrected chi connectivity index (χ1v) is 12.9. The summed E-state index contributed by atoms with van der Waals surface area (Å²) < 4.78 is 14.8. The number of amides is 2. The Kier molecular flexibility index (Phi) is 7.67.